The molecule has 1 aromatic carbocycles. The molecular weight excluding hydrogens is 361 g/mol. The summed E-state index contributed by atoms with van der Waals surface area (Å²) in [6.45, 7) is 1.85. The van der Waals surface area contributed by atoms with E-state index in [0.29, 0.717) is 18.9 Å². The van der Waals surface area contributed by atoms with Crippen molar-refractivity contribution in [3.05, 3.63) is 29.8 Å². The lowest BCUT2D eigenvalue weighted by Gasteiger charge is -2.37. The van der Waals surface area contributed by atoms with Crippen LogP contribution in [0.2, 0.25) is 0 Å². The molecule has 2 rings (SSSR count). The van der Waals surface area contributed by atoms with Crippen molar-refractivity contribution in [1.82, 2.24) is 0 Å². The summed E-state index contributed by atoms with van der Waals surface area (Å²) < 4.78 is 74.8. The summed E-state index contributed by atoms with van der Waals surface area (Å²) in [5.41, 5.74) is -1.11. The number of hydrogen-bond donors (Lipinski definition) is 0. The van der Waals surface area contributed by atoms with E-state index in [1.54, 1.807) is 0 Å². The van der Waals surface area contributed by atoms with Crippen LogP contribution in [0.5, 0.6) is 0 Å². The average Bonchev–Trinajstić information content (AvgIpc) is 2.60. The molecule has 0 aliphatic carbocycles. The summed E-state index contributed by atoms with van der Waals surface area (Å²) in [6, 6.07) is 3.29. The number of sulfone groups is 1. The normalized spacial score (nSPS) is 24.8. The van der Waals surface area contributed by atoms with Gasteiger partial charge in [0.15, 0.2) is 0 Å². The van der Waals surface area contributed by atoms with Crippen LogP contribution in [0.4, 0.5) is 13.2 Å². The molecule has 2 unspecified atom stereocenters. The van der Waals surface area contributed by atoms with E-state index < -0.39 is 37.4 Å². The van der Waals surface area contributed by atoms with Gasteiger partial charge in [-0.1, -0.05) is 19.4 Å². The van der Waals surface area contributed by atoms with Crippen LogP contribution in [0.25, 0.3) is 0 Å². The largest absolute Gasteiger partial charge is 0.466 e. The predicted molar refractivity (Wildman–Crippen MR) is 82.3 cm³/mol. The molecule has 1 aliphatic heterocycles. The third kappa shape index (κ3) is 3.52. The fraction of sp³-hybridized carbons (Fsp3) is 0.562. The second-order valence-corrected chi connectivity index (χ2v) is 8.03. The SMILES string of the molecule is CCC1CCOC(C(=O)OC)(S(=O)(=O)c2cccc(C(F)(F)F)c2)C1. The number of ether oxygens (including phenoxy) is 2. The van der Waals surface area contributed by atoms with Crippen LogP contribution in [0.15, 0.2) is 29.2 Å². The van der Waals surface area contributed by atoms with Gasteiger partial charge in [0.05, 0.1) is 17.6 Å². The molecule has 0 saturated carbocycles. The van der Waals surface area contributed by atoms with Gasteiger partial charge in [0.25, 0.3) is 4.93 Å². The monoisotopic (exact) mass is 380 g/mol. The second-order valence-electron chi connectivity index (χ2n) is 5.89. The van der Waals surface area contributed by atoms with Crippen molar-refractivity contribution in [2.24, 2.45) is 5.92 Å². The Morgan fingerprint density at radius 1 is 1.40 bits per heavy atom. The first kappa shape index (κ1) is 19.7. The van der Waals surface area contributed by atoms with Crippen LogP contribution in [0, 0.1) is 5.92 Å². The van der Waals surface area contributed by atoms with Gasteiger partial charge in [-0.2, -0.15) is 13.2 Å². The minimum absolute atomic E-state index is 0.00575. The van der Waals surface area contributed by atoms with Gasteiger partial charge in [-0.15, -0.1) is 0 Å². The molecule has 0 amide bonds. The van der Waals surface area contributed by atoms with Crippen molar-refractivity contribution >= 4 is 15.8 Å². The Labute approximate surface area is 144 Å². The zero-order valence-electron chi connectivity index (χ0n) is 13.8. The van der Waals surface area contributed by atoms with Crippen molar-refractivity contribution in [1.29, 1.82) is 0 Å². The summed E-state index contributed by atoms with van der Waals surface area (Å²) in [7, 11) is -3.54. The number of carbonyl (C=O) groups is 1. The average molecular weight is 380 g/mol. The van der Waals surface area contributed by atoms with E-state index in [2.05, 4.69) is 4.74 Å². The summed E-state index contributed by atoms with van der Waals surface area (Å²) in [5.74, 6) is -1.24. The molecule has 0 N–H and O–H groups in total. The maximum atomic E-state index is 13.1. The Kier molecular flexibility index (Phi) is 5.48. The maximum Gasteiger partial charge on any atom is 0.416 e. The molecule has 1 aliphatic rings. The molecule has 5 nitrogen and oxygen atoms in total. The number of halogens is 3. The van der Waals surface area contributed by atoms with Crippen molar-refractivity contribution in [3.63, 3.8) is 0 Å². The molecule has 0 bridgehead atoms. The number of rotatable bonds is 4. The van der Waals surface area contributed by atoms with Gasteiger partial charge in [-0.25, -0.2) is 13.2 Å². The summed E-state index contributed by atoms with van der Waals surface area (Å²) in [5, 5.41) is 0. The number of esters is 1. The molecule has 1 saturated heterocycles. The van der Waals surface area contributed by atoms with E-state index in [-0.39, 0.29) is 18.9 Å². The Hall–Kier alpha value is -1.61. The molecular formula is C16H19F3O5S. The van der Waals surface area contributed by atoms with Crippen molar-refractivity contribution < 1.29 is 35.9 Å². The summed E-state index contributed by atoms with van der Waals surface area (Å²) in [6.07, 6.45) is -3.69. The zero-order valence-corrected chi connectivity index (χ0v) is 14.6. The van der Waals surface area contributed by atoms with Gasteiger partial charge < -0.3 is 9.47 Å². The van der Waals surface area contributed by atoms with Crippen LogP contribution in [0.3, 0.4) is 0 Å². The van der Waals surface area contributed by atoms with Gasteiger partial charge in [0.1, 0.15) is 0 Å². The number of hydrogen-bond acceptors (Lipinski definition) is 5. The number of alkyl halides is 3. The Bertz CT molecular complexity index is 744. The highest BCUT2D eigenvalue weighted by molar-refractivity contribution is 7.93. The zero-order chi connectivity index (χ0) is 18.9. The van der Waals surface area contributed by atoms with Crippen molar-refractivity contribution in [2.75, 3.05) is 13.7 Å². The van der Waals surface area contributed by atoms with Crippen LogP contribution in [-0.4, -0.2) is 33.0 Å². The number of carbonyl (C=O) groups excluding carboxylic acids is 1. The van der Waals surface area contributed by atoms with E-state index in [4.69, 9.17) is 4.74 Å². The summed E-state index contributed by atoms with van der Waals surface area (Å²) >= 11 is 0. The highest BCUT2D eigenvalue weighted by atomic mass is 32.2. The van der Waals surface area contributed by atoms with Gasteiger partial charge in [0, 0.05) is 13.0 Å². The fourth-order valence-corrected chi connectivity index (χ4v) is 4.82. The van der Waals surface area contributed by atoms with Gasteiger partial charge in [-0.3, -0.25) is 0 Å². The molecule has 1 aromatic rings. The Morgan fingerprint density at radius 3 is 2.64 bits per heavy atom. The molecule has 1 heterocycles. The Morgan fingerprint density at radius 2 is 2.08 bits per heavy atom. The van der Waals surface area contributed by atoms with Crippen LogP contribution in [0.1, 0.15) is 31.7 Å². The van der Waals surface area contributed by atoms with E-state index in [1.165, 1.54) is 0 Å². The van der Waals surface area contributed by atoms with E-state index in [1.807, 2.05) is 6.92 Å². The standard InChI is InChI=1S/C16H19F3O5S/c1-3-11-7-8-24-15(10-11,14(20)23-2)25(21,22)13-6-4-5-12(9-13)16(17,18)19/h4-6,9,11H,3,7-8,10H2,1-2H3. The highest BCUT2D eigenvalue weighted by Crippen LogP contribution is 2.41. The lowest BCUT2D eigenvalue weighted by Crippen LogP contribution is -2.53. The Balaban J connectivity index is 2.59. The van der Waals surface area contributed by atoms with E-state index in [9.17, 15) is 26.4 Å². The maximum absolute atomic E-state index is 13.1. The van der Waals surface area contributed by atoms with Crippen molar-refractivity contribution in [2.45, 2.75) is 42.2 Å². The lowest BCUT2D eigenvalue weighted by molar-refractivity contribution is -0.164. The lowest BCUT2D eigenvalue weighted by atomic mass is 9.93. The number of benzene rings is 1. The van der Waals surface area contributed by atoms with E-state index >= 15 is 0 Å². The van der Waals surface area contributed by atoms with Gasteiger partial charge in [0.2, 0.25) is 9.84 Å². The third-order valence-electron chi connectivity index (χ3n) is 4.40. The molecule has 0 aromatic heterocycles. The molecule has 2 atom stereocenters. The molecule has 0 spiro atoms. The van der Waals surface area contributed by atoms with E-state index in [0.717, 1.165) is 25.3 Å². The molecule has 0 radical (unpaired) electrons. The topological polar surface area (TPSA) is 69.7 Å². The fourth-order valence-electron chi connectivity index (χ4n) is 2.90. The van der Waals surface area contributed by atoms with Gasteiger partial charge in [-0.05, 0) is 30.5 Å². The minimum Gasteiger partial charge on any atom is -0.466 e. The van der Waals surface area contributed by atoms with Gasteiger partial charge >= 0.3 is 12.1 Å². The smallest absolute Gasteiger partial charge is 0.416 e. The van der Waals surface area contributed by atoms with Crippen LogP contribution < -0.4 is 0 Å². The first-order chi connectivity index (χ1) is 11.6. The number of methoxy groups -OCH3 is 1. The minimum atomic E-state index is -4.71. The van der Waals surface area contributed by atoms with Crippen LogP contribution in [-0.2, 0) is 30.3 Å². The third-order valence-corrected chi connectivity index (χ3v) is 6.59. The predicted octanol–water partition coefficient (Wildman–Crippen LogP) is 3.19. The highest BCUT2D eigenvalue weighted by Gasteiger charge is 2.56. The quantitative estimate of drug-likeness (QED) is 0.751. The van der Waals surface area contributed by atoms with Crippen LogP contribution >= 0.6 is 0 Å². The van der Waals surface area contributed by atoms with Crippen molar-refractivity contribution in [3.8, 4) is 0 Å². The second kappa shape index (κ2) is 6.95. The first-order valence-electron chi connectivity index (χ1n) is 7.72. The first-order valence-corrected chi connectivity index (χ1v) is 9.21. The molecule has 140 valence electrons. The molecule has 9 heteroatoms. The molecule has 25 heavy (non-hydrogen) atoms. The molecule has 1 fully saturated rings. The summed E-state index contributed by atoms with van der Waals surface area (Å²) in [4.78, 5) is 9.35.